The lowest BCUT2D eigenvalue weighted by molar-refractivity contribution is -0.113. The molecule has 0 saturated carbocycles. The van der Waals surface area contributed by atoms with Gasteiger partial charge in [-0.3, -0.25) is 19.5 Å². The summed E-state index contributed by atoms with van der Waals surface area (Å²) in [6.07, 6.45) is 1.20. The highest BCUT2D eigenvalue weighted by atomic mass is 32.2. The van der Waals surface area contributed by atoms with Gasteiger partial charge in [0, 0.05) is 57.3 Å². The van der Waals surface area contributed by atoms with Gasteiger partial charge in [-0.1, -0.05) is 0 Å². The molecule has 3 aromatic heterocycles. The first-order chi connectivity index (χ1) is 17.0. The van der Waals surface area contributed by atoms with Gasteiger partial charge in [0.25, 0.3) is 5.56 Å². The number of methoxy groups -OCH3 is 1. The Bertz CT molecular complexity index is 1300. The Labute approximate surface area is 206 Å². The minimum absolute atomic E-state index is 0.0320. The maximum absolute atomic E-state index is 12.5. The van der Waals surface area contributed by atoms with Crippen molar-refractivity contribution in [1.82, 2.24) is 24.8 Å². The number of aliphatic hydroxyl groups excluding tert-OH is 1. The molecule has 5 rings (SSSR count). The van der Waals surface area contributed by atoms with Crippen LogP contribution >= 0.6 is 11.8 Å². The number of nitrogens with zero attached hydrogens (tertiary/aromatic N) is 4. The predicted octanol–water partition coefficient (Wildman–Crippen LogP) is 0.927. The van der Waals surface area contributed by atoms with E-state index in [2.05, 4.69) is 25.5 Å². The lowest BCUT2D eigenvalue weighted by Gasteiger charge is -2.18. The average Bonchev–Trinajstić information content (AvgIpc) is 3.21. The number of β-amino-alcohol motifs (C(OH)–C–C–N with tert-alkyl or cyclic N) is 1. The van der Waals surface area contributed by atoms with Crippen LogP contribution in [-0.4, -0.2) is 75.6 Å². The zero-order chi connectivity index (χ0) is 24.4. The van der Waals surface area contributed by atoms with Crippen molar-refractivity contribution < 1.29 is 14.6 Å². The number of thioether (sulfide) groups is 1. The zero-order valence-electron chi connectivity index (χ0n) is 19.4. The van der Waals surface area contributed by atoms with Crippen molar-refractivity contribution in [2.24, 2.45) is 5.92 Å². The highest BCUT2D eigenvalue weighted by Gasteiger charge is 2.30. The molecule has 0 bridgehead atoms. The van der Waals surface area contributed by atoms with Crippen LogP contribution in [-0.2, 0) is 17.9 Å². The summed E-state index contributed by atoms with van der Waals surface area (Å²) in [4.78, 5) is 36.2. The molecule has 0 spiro atoms. The van der Waals surface area contributed by atoms with Gasteiger partial charge in [0.2, 0.25) is 5.91 Å². The standard InChI is InChI=1S/C24H28N6O4S/c1-34-17-8-19-18(26-11-17)3-5-23(33)30(19)7-6-29-12-15(20(31)13-29)9-25-10-16-2-4-21-24(27-16)28-22(32)14-35-21/h2-5,8,11,15,20,25,31H,6-7,9-10,12-14H2,1H3,(H,27,28,32)/t15-,20+/m1/s1. The van der Waals surface area contributed by atoms with Crippen molar-refractivity contribution in [3.05, 3.63) is 52.6 Å². The molecule has 184 valence electrons. The molecule has 1 saturated heterocycles. The van der Waals surface area contributed by atoms with E-state index in [1.54, 1.807) is 23.9 Å². The van der Waals surface area contributed by atoms with E-state index >= 15 is 0 Å². The largest absolute Gasteiger partial charge is 0.495 e. The normalized spacial score (nSPS) is 20.1. The Morgan fingerprint density at radius 1 is 1.23 bits per heavy atom. The topological polar surface area (TPSA) is 122 Å². The van der Waals surface area contributed by atoms with Gasteiger partial charge < -0.3 is 25.0 Å². The number of ether oxygens (including phenoxy) is 1. The fourth-order valence-corrected chi connectivity index (χ4v) is 5.30. The van der Waals surface area contributed by atoms with Crippen molar-refractivity contribution >= 4 is 34.5 Å². The second-order valence-electron chi connectivity index (χ2n) is 8.81. The fraction of sp³-hybridized carbons (Fsp3) is 0.417. The molecule has 0 unspecified atom stereocenters. The Balaban J connectivity index is 1.16. The summed E-state index contributed by atoms with van der Waals surface area (Å²) in [6.45, 7) is 3.64. The zero-order valence-corrected chi connectivity index (χ0v) is 20.3. The van der Waals surface area contributed by atoms with Crippen LogP contribution in [0.1, 0.15) is 5.69 Å². The summed E-state index contributed by atoms with van der Waals surface area (Å²) < 4.78 is 6.98. The number of aliphatic hydroxyl groups is 1. The highest BCUT2D eigenvalue weighted by molar-refractivity contribution is 8.00. The number of carbonyl (C=O) groups is 1. The molecule has 1 fully saturated rings. The summed E-state index contributed by atoms with van der Waals surface area (Å²) in [6, 6.07) is 9.02. The lowest BCUT2D eigenvalue weighted by Crippen LogP contribution is -2.31. The Morgan fingerprint density at radius 3 is 2.97 bits per heavy atom. The maximum atomic E-state index is 12.5. The van der Waals surface area contributed by atoms with E-state index in [0.29, 0.717) is 50.0 Å². The predicted molar refractivity (Wildman–Crippen MR) is 134 cm³/mol. The minimum Gasteiger partial charge on any atom is -0.495 e. The van der Waals surface area contributed by atoms with Crippen LogP contribution in [0, 0.1) is 5.92 Å². The Kier molecular flexibility index (Phi) is 7.00. The number of rotatable bonds is 8. The summed E-state index contributed by atoms with van der Waals surface area (Å²) in [7, 11) is 1.58. The molecule has 3 aromatic rings. The van der Waals surface area contributed by atoms with E-state index in [1.165, 1.54) is 17.8 Å². The van der Waals surface area contributed by atoms with Gasteiger partial charge >= 0.3 is 0 Å². The second-order valence-corrected chi connectivity index (χ2v) is 9.82. The first-order valence-electron chi connectivity index (χ1n) is 11.6. The smallest absolute Gasteiger partial charge is 0.251 e. The number of nitrogens with one attached hydrogen (secondary N) is 2. The van der Waals surface area contributed by atoms with Crippen LogP contribution in [0.5, 0.6) is 5.75 Å². The third-order valence-electron chi connectivity index (χ3n) is 6.42. The number of carbonyl (C=O) groups excluding carboxylic acids is 1. The van der Waals surface area contributed by atoms with Crippen molar-refractivity contribution in [2.75, 3.05) is 44.4 Å². The monoisotopic (exact) mass is 496 g/mol. The van der Waals surface area contributed by atoms with E-state index in [1.807, 2.05) is 18.2 Å². The molecule has 35 heavy (non-hydrogen) atoms. The van der Waals surface area contributed by atoms with Crippen molar-refractivity contribution in [2.45, 2.75) is 24.1 Å². The number of hydrogen-bond donors (Lipinski definition) is 3. The molecule has 3 N–H and O–H groups in total. The summed E-state index contributed by atoms with van der Waals surface area (Å²) in [5, 5.41) is 16.8. The van der Waals surface area contributed by atoms with Crippen LogP contribution in [0.2, 0.25) is 0 Å². The van der Waals surface area contributed by atoms with Crippen LogP contribution in [0.3, 0.4) is 0 Å². The first-order valence-corrected chi connectivity index (χ1v) is 12.6. The average molecular weight is 497 g/mol. The summed E-state index contributed by atoms with van der Waals surface area (Å²) >= 11 is 1.49. The molecule has 2 atom stereocenters. The van der Waals surface area contributed by atoms with Crippen molar-refractivity contribution in [1.29, 1.82) is 0 Å². The lowest BCUT2D eigenvalue weighted by atomic mass is 10.1. The van der Waals surface area contributed by atoms with Gasteiger partial charge in [-0.05, 0) is 18.2 Å². The van der Waals surface area contributed by atoms with E-state index in [4.69, 9.17) is 4.74 Å². The van der Waals surface area contributed by atoms with Crippen LogP contribution < -0.4 is 20.9 Å². The number of pyridine rings is 3. The first kappa shape index (κ1) is 23.7. The Morgan fingerprint density at radius 2 is 2.11 bits per heavy atom. The summed E-state index contributed by atoms with van der Waals surface area (Å²) in [5.74, 6) is 1.69. The molecule has 0 radical (unpaired) electrons. The van der Waals surface area contributed by atoms with Gasteiger partial charge in [0.15, 0.2) is 0 Å². The van der Waals surface area contributed by atoms with Crippen LogP contribution in [0.4, 0.5) is 5.82 Å². The van der Waals surface area contributed by atoms with Gasteiger partial charge in [-0.15, -0.1) is 11.8 Å². The van der Waals surface area contributed by atoms with Crippen molar-refractivity contribution in [3.63, 3.8) is 0 Å². The molecule has 5 heterocycles. The Hall–Kier alpha value is -2.99. The van der Waals surface area contributed by atoms with E-state index in [-0.39, 0.29) is 17.4 Å². The van der Waals surface area contributed by atoms with Crippen LogP contribution in [0.25, 0.3) is 11.0 Å². The number of hydrogen-bond acceptors (Lipinski definition) is 9. The third kappa shape index (κ3) is 5.32. The molecule has 0 aliphatic carbocycles. The quantitative estimate of drug-likeness (QED) is 0.418. The number of likely N-dealkylation sites (tertiary alicyclic amines) is 1. The van der Waals surface area contributed by atoms with E-state index < -0.39 is 6.10 Å². The second kappa shape index (κ2) is 10.3. The minimum atomic E-state index is -0.444. The van der Waals surface area contributed by atoms with E-state index in [0.717, 1.165) is 28.2 Å². The van der Waals surface area contributed by atoms with Gasteiger partial charge in [0.05, 0.1) is 46.8 Å². The number of anilines is 1. The molecular formula is C24H28N6O4S. The number of fused-ring (bicyclic) bond motifs is 2. The van der Waals surface area contributed by atoms with Gasteiger partial charge in [-0.2, -0.15) is 0 Å². The summed E-state index contributed by atoms with van der Waals surface area (Å²) in [5.41, 5.74) is 2.23. The molecule has 2 aliphatic rings. The maximum Gasteiger partial charge on any atom is 0.251 e. The molecule has 11 heteroatoms. The SMILES string of the molecule is COc1cnc2ccc(=O)n(CCN3C[C@@H](CNCc4ccc5c(n4)NC(=O)CS5)[C@@H](O)C3)c2c1. The highest BCUT2D eigenvalue weighted by Crippen LogP contribution is 2.29. The third-order valence-corrected chi connectivity index (χ3v) is 7.46. The number of amides is 1. The molecule has 10 nitrogen and oxygen atoms in total. The molecule has 0 aromatic carbocycles. The van der Waals surface area contributed by atoms with Gasteiger partial charge in [-0.25, -0.2) is 4.98 Å². The molecule has 1 amide bonds. The van der Waals surface area contributed by atoms with Gasteiger partial charge in [0.1, 0.15) is 11.6 Å². The van der Waals surface area contributed by atoms with Crippen LogP contribution in [0.15, 0.2) is 46.2 Å². The fourth-order valence-electron chi connectivity index (χ4n) is 4.55. The van der Waals surface area contributed by atoms with Crippen molar-refractivity contribution in [3.8, 4) is 5.75 Å². The molecule has 2 aliphatic heterocycles. The van der Waals surface area contributed by atoms with E-state index in [9.17, 15) is 14.7 Å². The molecular weight excluding hydrogens is 468 g/mol. The number of aromatic nitrogens is 3.